The highest BCUT2D eigenvalue weighted by atomic mass is 16.4. The fourth-order valence-electron chi connectivity index (χ4n) is 1.71. The third-order valence-corrected chi connectivity index (χ3v) is 2.62. The molecule has 0 fully saturated rings. The molecule has 0 amide bonds. The summed E-state index contributed by atoms with van der Waals surface area (Å²) in [5, 5.41) is 13.0. The highest BCUT2D eigenvalue weighted by molar-refractivity contribution is 5.83. The van der Waals surface area contributed by atoms with Gasteiger partial charge in [0, 0.05) is 6.42 Å². The zero-order chi connectivity index (χ0) is 13.1. The molecule has 1 aromatic heterocycles. The first-order valence-electron chi connectivity index (χ1n) is 5.88. The second-order valence-electron chi connectivity index (χ2n) is 4.15. The predicted octanol–water partition coefficient (Wildman–Crippen LogP) is 2.23. The molecule has 0 aliphatic rings. The van der Waals surface area contributed by atoms with Gasteiger partial charge in [-0.2, -0.15) is 0 Å². The van der Waals surface area contributed by atoms with Gasteiger partial charge in [0.15, 0.2) is 0 Å². The van der Waals surface area contributed by atoms with Gasteiger partial charge < -0.3 is 5.11 Å². The van der Waals surface area contributed by atoms with Crippen LogP contribution in [-0.2, 0) is 6.42 Å². The Morgan fingerprint density at radius 3 is 2.56 bits per heavy atom. The van der Waals surface area contributed by atoms with Crippen molar-refractivity contribution in [3.05, 3.63) is 41.5 Å². The minimum atomic E-state index is -1.10. The Morgan fingerprint density at radius 2 is 2.00 bits per heavy atom. The first-order chi connectivity index (χ1) is 8.61. The quantitative estimate of drug-likeness (QED) is 0.896. The maximum atomic E-state index is 10.9. The van der Waals surface area contributed by atoms with Gasteiger partial charge in [-0.15, -0.1) is 5.10 Å². The maximum absolute atomic E-state index is 10.9. The summed E-state index contributed by atoms with van der Waals surface area (Å²) >= 11 is 0. The molecule has 5 heteroatoms. The first-order valence-corrected chi connectivity index (χ1v) is 5.88. The molecule has 2 aromatic rings. The molecule has 0 spiro atoms. The molecule has 1 aromatic carbocycles. The molecule has 0 bridgehead atoms. The molecule has 0 unspecified atom stereocenters. The van der Waals surface area contributed by atoms with E-state index in [0.717, 1.165) is 17.7 Å². The van der Waals surface area contributed by atoms with Crippen LogP contribution in [0.5, 0.6) is 0 Å². The lowest BCUT2D eigenvalue weighted by molar-refractivity contribution is 0.0683. The molecule has 0 aliphatic carbocycles. The molecule has 1 N–H and O–H groups in total. The summed E-state index contributed by atoms with van der Waals surface area (Å²) in [5.74, 6) is -0.573. The molecule has 0 saturated carbocycles. The van der Waals surface area contributed by atoms with E-state index in [0.29, 0.717) is 12.2 Å². The summed E-state index contributed by atoms with van der Waals surface area (Å²) in [7, 11) is 0. The van der Waals surface area contributed by atoms with Crippen LogP contribution >= 0.6 is 0 Å². The Kier molecular flexibility index (Phi) is 3.41. The van der Waals surface area contributed by atoms with Crippen LogP contribution in [0.25, 0.3) is 5.69 Å². The molecular weight excluding hydrogens is 230 g/mol. The number of carbonyl (C=O) groups is 1. The van der Waals surface area contributed by atoms with E-state index in [1.165, 1.54) is 0 Å². The van der Waals surface area contributed by atoms with Crippen LogP contribution in [0.2, 0.25) is 0 Å². The van der Waals surface area contributed by atoms with Crippen LogP contribution in [0.4, 0.5) is 0 Å². The average Bonchev–Trinajstić information content (AvgIpc) is 2.75. The standard InChI is InChI=1S/C13H15N3O2/c1-3-4-11-14-12(13(17)18)15-16(11)10-7-5-9(2)6-8-10/h5-8H,3-4H2,1-2H3,(H,17,18). The number of carboxylic acid groups (broad SMARTS) is 1. The average molecular weight is 245 g/mol. The van der Waals surface area contributed by atoms with Crippen LogP contribution in [0.1, 0.15) is 35.4 Å². The molecule has 5 nitrogen and oxygen atoms in total. The summed E-state index contributed by atoms with van der Waals surface area (Å²) in [5.41, 5.74) is 1.98. The normalized spacial score (nSPS) is 10.6. The SMILES string of the molecule is CCCc1nc(C(=O)O)nn1-c1ccc(C)cc1. The second-order valence-corrected chi connectivity index (χ2v) is 4.15. The Bertz CT molecular complexity index is 558. The van der Waals surface area contributed by atoms with Gasteiger partial charge >= 0.3 is 5.97 Å². The Hall–Kier alpha value is -2.17. The fourth-order valence-corrected chi connectivity index (χ4v) is 1.71. The number of aromatic nitrogens is 3. The number of benzene rings is 1. The third-order valence-electron chi connectivity index (χ3n) is 2.62. The van der Waals surface area contributed by atoms with Crippen LogP contribution in [-0.4, -0.2) is 25.8 Å². The van der Waals surface area contributed by atoms with Crippen LogP contribution < -0.4 is 0 Å². The monoisotopic (exact) mass is 245 g/mol. The molecule has 18 heavy (non-hydrogen) atoms. The lowest BCUT2D eigenvalue weighted by atomic mass is 10.2. The van der Waals surface area contributed by atoms with Crippen molar-refractivity contribution in [3.8, 4) is 5.69 Å². The van der Waals surface area contributed by atoms with E-state index >= 15 is 0 Å². The number of aromatic carboxylic acids is 1. The van der Waals surface area contributed by atoms with E-state index in [4.69, 9.17) is 5.11 Å². The molecule has 0 atom stereocenters. The lowest BCUT2D eigenvalue weighted by Crippen LogP contribution is -2.03. The number of aryl methyl sites for hydroxylation is 2. The number of nitrogens with zero attached hydrogens (tertiary/aromatic N) is 3. The highest BCUT2D eigenvalue weighted by Crippen LogP contribution is 2.12. The van der Waals surface area contributed by atoms with Crippen molar-refractivity contribution >= 4 is 5.97 Å². The minimum absolute atomic E-state index is 0.154. The van der Waals surface area contributed by atoms with Gasteiger partial charge in [-0.3, -0.25) is 0 Å². The van der Waals surface area contributed by atoms with Crippen molar-refractivity contribution in [3.63, 3.8) is 0 Å². The molecule has 0 aliphatic heterocycles. The van der Waals surface area contributed by atoms with E-state index in [1.54, 1.807) is 4.68 Å². The zero-order valence-electron chi connectivity index (χ0n) is 10.4. The Balaban J connectivity index is 2.47. The molecule has 0 saturated heterocycles. The van der Waals surface area contributed by atoms with Crippen molar-refractivity contribution in [1.29, 1.82) is 0 Å². The van der Waals surface area contributed by atoms with E-state index in [-0.39, 0.29) is 5.82 Å². The molecule has 94 valence electrons. The second kappa shape index (κ2) is 5.00. The van der Waals surface area contributed by atoms with Crippen molar-refractivity contribution in [2.75, 3.05) is 0 Å². The van der Waals surface area contributed by atoms with Gasteiger partial charge in [0.2, 0.25) is 0 Å². The van der Waals surface area contributed by atoms with Gasteiger partial charge in [-0.05, 0) is 25.5 Å². The zero-order valence-corrected chi connectivity index (χ0v) is 10.4. The summed E-state index contributed by atoms with van der Waals surface area (Å²) in [4.78, 5) is 15.0. The van der Waals surface area contributed by atoms with E-state index in [2.05, 4.69) is 10.1 Å². The Morgan fingerprint density at radius 1 is 1.33 bits per heavy atom. The summed E-state index contributed by atoms with van der Waals surface area (Å²) in [6, 6.07) is 7.75. The minimum Gasteiger partial charge on any atom is -0.475 e. The first kappa shape index (κ1) is 12.3. The third kappa shape index (κ3) is 2.40. The molecule has 0 radical (unpaired) electrons. The van der Waals surface area contributed by atoms with Gasteiger partial charge in [0.05, 0.1) is 5.69 Å². The topological polar surface area (TPSA) is 68.0 Å². The van der Waals surface area contributed by atoms with Crippen LogP contribution in [0, 0.1) is 6.92 Å². The molecular formula is C13H15N3O2. The fraction of sp³-hybridized carbons (Fsp3) is 0.308. The lowest BCUT2D eigenvalue weighted by Gasteiger charge is -2.04. The number of hydrogen-bond donors (Lipinski definition) is 1. The van der Waals surface area contributed by atoms with E-state index in [9.17, 15) is 4.79 Å². The van der Waals surface area contributed by atoms with E-state index in [1.807, 2.05) is 38.1 Å². The Labute approximate surface area is 105 Å². The van der Waals surface area contributed by atoms with Crippen LogP contribution in [0.15, 0.2) is 24.3 Å². The highest BCUT2D eigenvalue weighted by Gasteiger charge is 2.15. The predicted molar refractivity (Wildman–Crippen MR) is 67.1 cm³/mol. The smallest absolute Gasteiger partial charge is 0.375 e. The number of rotatable bonds is 4. The maximum Gasteiger partial charge on any atom is 0.375 e. The van der Waals surface area contributed by atoms with Gasteiger partial charge in [-0.1, -0.05) is 24.6 Å². The number of carboxylic acids is 1. The summed E-state index contributed by atoms with van der Waals surface area (Å²) in [6.45, 7) is 4.02. The molecule has 1 heterocycles. The molecule has 2 rings (SSSR count). The van der Waals surface area contributed by atoms with Crippen molar-refractivity contribution < 1.29 is 9.90 Å². The summed E-state index contributed by atoms with van der Waals surface area (Å²) in [6.07, 6.45) is 1.60. The van der Waals surface area contributed by atoms with Gasteiger partial charge in [0.25, 0.3) is 5.82 Å². The van der Waals surface area contributed by atoms with Crippen LogP contribution in [0.3, 0.4) is 0 Å². The summed E-state index contributed by atoms with van der Waals surface area (Å²) < 4.78 is 1.60. The van der Waals surface area contributed by atoms with Crippen molar-refractivity contribution in [2.45, 2.75) is 26.7 Å². The largest absolute Gasteiger partial charge is 0.475 e. The van der Waals surface area contributed by atoms with E-state index < -0.39 is 5.97 Å². The van der Waals surface area contributed by atoms with Gasteiger partial charge in [-0.25, -0.2) is 14.5 Å². The van der Waals surface area contributed by atoms with Crippen molar-refractivity contribution in [1.82, 2.24) is 14.8 Å². The van der Waals surface area contributed by atoms with Gasteiger partial charge in [0.1, 0.15) is 5.82 Å². The number of hydrogen-bond acceptors (Lipinski definition) is 3. The van der Waals surface area contributed by atoms with Crippen molar-refractivity contribution in [2.24, 2.45) is 0 Å².